The molecule has 0 N–H and O–H groups in total. The molecule has 9 heavy (non-hydrogen) atoms. The molecule has 3 heteroatoms. The second-order valence-corrected chi connectivity index (χ2v) is 2.14. The Labute approximate surface area is 106 Å². The number of nitrogens with zero attached hydrogens (tertiary/aromatic N) is 1. The number of carbonyl (C=O) groups excluding carboxylic acids is 1. The van der Waals surface area contributed by atoms with E-state index in [1.165, 1.54) is 0 Å². The van der Waals surface area contributed by atoms with Crippen molar-refractivity contribution in [3.8, 4) is 0 Å². The van der Waals surface area contributed by atoms with Gasteiger partial charge < -0.3 is 10.1 Å². The largest absolute Gasteiger partial charge is 1.00 e. The molecule has 0 spiro atoms. The minimum absolute atomic E-state index is 0. The standard InChI is InChI=1S/C6H12NO.Rb/c1-5(2)7-4-6(3)8;/h5H,4H2,1-3H3;/q-1;+1. The summed E-state index contributed by atoms with van der Waals surface area (Å²) in [5.41, 5.74) is 0. The summed E-state index contributed by atoms with van der Waals surface area (Å²) in [5.74, 6) is 0.138. The summed E-state index contributed by atoms with van der Waals surface area (Å²) < 4.78 is 0. The van der Waals surface area contributed by atoms with Gasteiger partial charge in [0.25, 0.3) is 0 Å². The van der Waals surface area contributed by atoms with Gasteiger partial charge in [0.05, 0.1) is 0 Å². The number of carbonyl (C=O) groups is 1. The molecule has 0 aromatic heterocycles. The summed E-state index contributed by atoms with van der Waals surface area (Å²) in [6.07, 6.45) is 0. The molecule has 48 valence electrons. The number of ketones is 1. The molecule has 0 bridgehead atoms. The van der Waals surface area contributed by atoms with Gasteiger partial charge in [0.15, 0.2) is 0 Å². The van der Waals surface area contributed by atoms with Gasteiger partial charge >= 0.3 is 58.2 Å². The Morgan fingerprint density at radius 3 is 2.11 bits per heavy atom. The SMILES string of the molecule is CC(=O)C[N-]C(C)C.[Rb+]. The second kappa shape index (κ2) is 7.54. The zero-order chi connectivity index (χ0) is 6.57. The van der Waals surface area contributed by atoms with Crippen LogP contribution in [0.3, 0.4) is 0 Å². The minimum Gasteiger partial charge on any atom is -0.654 e. The Kier molecular flexibility index (Phi) is 10.9. The summed E-state index contributed by atoms with van der Waals surface area (Å²) >= 11 is 0. The van der Waals surface area contributed by atoms with Crippen molar-refractivity contribution in [2.45, 2.75) is 26.8 Å². The van der Waals surface area contributed by atoms with Crippen LogP contribution >= 0.6 is 0 Å². The van der Waals surface area contributed by atoms with E-state index in [1.54, 1.807) is 6.92 Å². The average Bonchev–Trinajstić information content (AvgIpc) is 1.61. The predicted octanol–water partition coefficient (Wildman–Crippen LogP) is -1.64. The predicted molar refractivity (Wildman–Crippen MR) is 34.0 cm³/mol. The van der Waals surface area contributed by atoms with Gasteiger partial charge in [-0.1, -0.05) is 20.4 Å². The molecule has 0 heterocycles. The fraction of sp³-hybridized carbons (Fsp3) is 0.833. The van der Waals surface area contributed by atoms with Gasteiger partial charge in [-0.2, -0.15) is 0 Å². The first-order valence-electron chi connectivity index (χ1n) is 2.79. The van der Waals surface area contributed by atoms with Gasteiger partial charge in [-0.05, 0) is 6.92 Å². The number of hydrogen-bond donors (Lipinski definition) is 0. The molecule has 0 saturated carbocycles. The van der Waals surface area contributed by atoms with Gasteiger partial charge in [-0.15, -0.1) is 6.04 Å². The topological polar surface area (TPSA) is 31.2 Å². The van der Waals surface area contributed by atoms with E-state index in [2.05, 4.69) is 5.32 Å². The van der Waals surface area contributed by atoms with E-state index in [0.717, 1.165) is 0 Å². The molecule has 0 rings (SSSR count). The first-order chi connectivity index (χ1) is 3.63. The van der Waals surface area contributed by atoms with E-state index < -0.39 is 0 Å². The molecule has 0 fully saturated rings. The third-order valence-electron chi connectivity index (χ3n) is 0.679. The normalized spacial score (nSPS) is 8.89. The Bertz CT molecular complexity index is 83.1. The molecule has 2 nitrogen and oxygen atoms in total. The van der Waals surface area contributed by atoms with Gasteiger partial charge in [0.1, 0.15) is 5.78 Å². The second-order valence-electron chi connectivity index (χ2n) is 2.14. The van der Waals surface area contributed by atoms with Crippen LogP contribution in [0, 0.1) is 0 Å². The van der Waals surface area contributed by atoms with Crippen molar-refractivity contribution in [2.24, 2.45) is 0 Å². The summed E-state index contributed by atoms with van der Waals surface area (Å²) in [5, 5.41) is 3.97. The first-order valence-corrected chi connectivity index (χ1v) is 2.79. The molecule has 0 aliphatic rings. The van der Waals surface area contributed by atoms with Crippen molar-refractivity contribution >= 4 is 5.78 Å². The van der Waals surface area contributed by atoms with Gasteiger partial charge in [0, 0.05) is 0 Å². The van der Waals surface area contributed by atoms with E-state index in [4.69, 9.17) is 0 Å². The van der Waals surface area contributed by atoms with Crippen molar-refractivity contribution in [2.75, 3.05) is 6.54 Å². The van der Waals surface area contributed by atoms with Crippen molar-refractivity contribution in [1.82, 2.24) is 0 Å². The third kappa shape index (κ3) is 12.6. The fourth-order valence-corrected chi connectivity index (χ4v) is 0.311. The van der Waals surface area contributed by atoms with Crippen LogP contribution in [-0.4, -0.2) is 18.4 Å². The summed E-state index contributed by atoms with van der Waals surface area (Å²) in [6.45, 7) is 5.84. The van der Waals surface area contributed by atoms with Gasteiger partial charge in [0.2, 0.25) is 0 Å². The van der Waals surface area contributed by atoms with Crippen LogP contribution in [0.15, 0.2) is 0 Å². The quantitative estimate of drug-likeness (QED) is 0.537. The molecule has 0 aromatic carbocycles. The number of rotatable bonds is 3. The molecule has 0 atom stereocenters. The zero-order valence-electron chi connectivity index (χ0n) is 6.64. The number of Topliss-reactive ketones (excluding diaryl/α,β-unsaturated/α-hetero) is 1. The van der Waals surface area contributed by atoms with Crippen LogP contribution in [0.4, 0.5) is 0 Å². The maximum Gasteiger partial charge on any atom is 1.00 e. The van der Waals surface area contributed by atoms with Crippen molar-refractivity contribution in [1.29, 1.82) is 0 Å². The molecule has 0 aromatic rings. The van der Waals surface area contributed by atoms with E-state index in [9.17, 15) is 4.79 Å². The van der Waals surface area contributed by atoms with E-state index in [0.29, 0.717) is 12.6 Å². The van der Waals surface area contributed by atoms with Crippen LogP contribution in [0.5, 0.6) is 0 Å². The van der Waals surface area contributed by atoms with Crippen molar-refractivity contribution in [3.63, 3.8) is 0 Å². The molecule has 0 amide bonds. The minimum atomic E-state index is 0. The zero-order valence-corrected chi connectivity index (χ0v) is 11.6. The summed E-state index contributed by atoms with van der Waals surface area (Å²) in [4.78, 5) is 10.3. The maximum atomic E-state index is 10.3. The molecule has 0 aliphatic carbocycles. The summed E-state index contributed by atoms with van der Waals surface area (Å²) in [7, 11) is 0. The third-order valence-corrected chi connectivity index (χ3v) is 0.679. The molecule has 0 saturated heterocycles. The molecule has 0 unspecified atom stereocenters. The molecular formula is C6H12NORb. The fourth-order valence-electron chi connectivity index (χ4n) is 0.311. The van der Waals surface area contributed by atoms with Crippen molar-refractivity contribution < 1.29 is 63.0 Å². The monoisotopic (exact) mass is 199 g/mol. The van der Waals surface area contributed by atoms with Crippen LogP contribution in [0.25, 0.3) is 5.32 Å². The van der Waals surface area contributed by atoms with Crippen LogP contribution in [0.1, 0.15) is 20.8 Å². The Morgan fingerprint density at radius 1 is 1.56 bits per heavy atom. The molecular weight excluding hydrogens is 188 g/mol. The molecule has 0 radical (unpaired) electrons. The van der Waals surface area contributed by atoms with Crippen molar-refractivity contribution in [3.05, 3.63) is 5.32 Å². The van der Waals surface area contributed by atoms with Crippen LogP contribution < -0.4 is 58.2 Å². The van der Waals surface area contributed by atoms with E-state index in [1.807, 2.05) is 13.8 Å². The van der Waals surface area contributed by atoms with Gasteiger partial charge in [-0.25, -0.2) is 0 Å². The smallest absolute Gasteiger partial charge is 0.654 e. The first kappa shape index (κ1) is 13.1. The molecule has 0 aliphatic heterocycles. The Balaban J connectivity index is 0. The average molecular weight is 200 g/mol. The van der Waals surface area contributed by atoms with E-state index >= 15 is 0 Å². The number of hydrogen-bond acceptors (Lipinski definition) is 1. The van der Waals surface area contributed by atoms with Crippen LogP contribution in [0.2, 0.25) is 0 Å². The van der Waals surface area contributed by atoms with E-state index in [-0.39, 0.29) is 64.0 Å². The Hall–Kier alpha value is 1.44. The van der Waals surface area contributed by atoms with Crippen LogP contribution in [-0.2, 0) is 4.79 Å². The Morgan fingerprint density at radius 2 is 2.00 bits per heavy atom. The van der Waals surface area contributed by atoms with Gasteiger partial charge in [-0.3, -0.25) is 0 Å². The maximum absolute atomic E-state index is 10.3. The summed E-state index contributed by atoms with van der Waals surface area (Å²) in [6, 6.07) is 0.291.